The molecule has 1 aliphatic carbocycles. The lowest BCUT2D eigenvalue weighted by atomic mass is 9.79. The number of hydrogen-bond donors (Lipinski definition) is 1. The molecular formula is C16H32N2O. The van der Waals surface area contributed by atoms with E-state index < -0.39 is 0 Å². The highest BCUT2D eigenvalue weighted by atomic mass is 16.2. The summed E-state index contributed by atoms with van der Waals surface area (Å²) >= 11 is 0. The Labute approximate surface area is 118 Å². The fraction of sp³-hybridized carbons (Fsp3) is 0.938. The molecule has 0 saturated heterocycles. The highest BCUT2D eigenvalue weighted by Gasteiger charge is 2.31. The lowest BCUT2D eigenvalue weighted by Gasteiger charge is -2.34. The minimum absolute atomic E-state index is 0.174. The maximum absolute atomic E-state index is 12.7. The van der Waals surface area contributed by atoms with E-state index in [0.29, 0.717) is 11.8 Å². The molecule has 2 N–H and O–H groups in total. The normalized spacial score (nSPS) is 27.3. The third-order valence-corrected chi connectivity index (χ3v) is 4.20. The van der Waals surface area contributed by atoms with Crippen LogP contribution in [0.3, 0.4) is 0 Å². The summed E-state index contributed by atoms with van der Waals surface area (Å²) in [5.41, 5.74) is 6.08. The van der Waals surface area contributed by atoms with Crippen molar-refractivity contribution in [3.05, 3.63) is 0 Å². The van der Waals surface area contributed by atoms with E-state index >= 15 is 0 Å². The Bertz CT molecular complexity index is 249. The predicted octanol–water partition coefficient (Wildman–Crippen LogP) is 3.18. The molecule has 1 aliphatic rings. The Morgan fingerprint density at radius 1 is 1.11 bits per heavy atom. The first kappa shape index (κ1) is 16.5. The summed E-state index contributed by atoms with van der Waals surface area (Å²) < 4.78 is 0. The minimum atomic E-state index is 0.174. The second kappa shape index (κ2) is 8.57. The number of amides is 1. The van der Waals surface area contributed by atoms with Crippen molar-refractivity contribution >= 4 is 5.91 Å². The molecule has 0 aromatic heterocycles. The summed E-state index contributed by atoms with van der Waals surface area (Å²) in [6, 6.07) is 0.219. The first-order valence-corrected chi connectivity index (χ1v) is 8.12. The lowest BCUT2D eigenvalue weighted by molar-refractivity contribution is -0.137. The topological polar surface area (TPSA) is 46.3 Å². The summed E-state index contributed by atoms with van der Waals surface area (Å²) in [5.74, 6) is 1.13. The molecule has 0 aliphatic heterocycles. The summed E-state index contributed by atoms with van der Waals surface area (Å²) in [5, 5.41) is 0. The lowest BCUT2D eigenvalue weighted by Crippen LogP contribution is -2.43. The van der Waals surface area contributed by atoms with Crippen LogP contribution in [0.25, 0.3) is 0 Å². The Morgan fingerprint density at radius 3 is 2.16 bits per heavy atom. The molecule has 3 unspecified atom stereocenters. The Balaban J connectivity index is 2.57. The molecule has 112 valence electrons. The number of unbranched alkanes of at least 4 members (excludes halogenated alkanes) is 2. The van der Waals surface area contributed by atoms with Gasteiger partial charge >= 0.3 is 0 Å². The van der Waals surface area contributed by atoms with Crippen molar-refractivity contribution in [3.8, 4) is 0 Å². The molecular weight excluding hydrogens is 236 g/mol. The molecule has 1 rings (SSSR count). The highest BCUT2D eigenvalue weighted by molar-refractivity contribution is 5.79. The van der Waals surface area contributed by atoms with E-state index in [2.05, 4.69) is 25.7 Å². The molecule has 1 saturated carbocycles. The van der Waals surface area contributed by atoms with Gasteiger partial charge < -0.3 is 10.6 Å². The molecule has 0 aromatic carbocycles. The molecule has 1 amide bonds. The van der Waals surface area contributed by atoms with Gasteiger partial charge in [-0.05, 0) is 38.0 Å². The van der Waals surface area contributed by atoms with Crippen LogP contribution in [0.5, 0.6) is 0 Å². The van der Waals surface area contributed by atoms with E-state index in [9.17, 15) is 4.79 Å². The third-order valence-electron chi connectivity index (χ3n) is 4.20. The van der Waals surface area contributed by atoms with Gasteiger partial charge in [-0.25, -0.2) is 0 Å². The van der Waals surface area contributed by atoms with Crippen LogP contribution in [0.2, 0.25) is 0 Å². The maximum atomic E-state index is 12.7. The van der Waals surface area contributed by atoms with Gasteiger partial charge in [-0.2, -0.15) is 0 Å². The number of hydrogen-bond acceptors (Lipinski definition) is 2. The molecule has 0 spiro atoms. The minimum Gasteiger partial charge on any atom is -0.342 e. The van der Waals surface area contributed by atoms with Crippen molar-refractivity contribution in [2.24, 2.45) is 17.6 Å². The number of carbonyl (C=O) groups is 1. The number of nitrogens with two attached hydrogens (primary N) is 1. The predicted molar refractivity (Wildman–Crippen MR) is 80.9 cm³/mol. The molecule has 0 aromatic rings. The standard InChI is InChI=1S/C16H32N2O/c1-4-6-8-18(9-7-5-2)16(19)14-10-13(3)11-15(17)12-14/h13-15H,4-12,17H2,1-3H3. The van der Waals surface area contributed by atoms with Gasteiger partial charge in [0.1, 0.15) is 0 Å². The Hall–Kier alpha value is -0.570. The first-order valence-electron chi connectivity index (χ1n) is 8.12. The van der Waals surface area contributed by atoms with Gasteiger partial charge in [0.2, 0.25) is 5.91 Å². The molecule has 3 heteroatoms. The summed E-state index contributed by atoms with van der Waals surface area (Å²) in [4.78, 5) is 14.8. The maximum Gasteiger partial charge on any atom is 0.225 e. The number of carbonyl (C=O) groups excluding carboxylic acids is 1. The number of rotatable bonds is 7. The molecule has 3 atom stereocenters. The van der Waals surface area contributed by atoms with Crippen LogP contribution in [-0.2, 0) is 4.79 Å². The van der Waals surface area contributed by atoms with E-state index in [4.69, 9.17) is 5.73 Å². The van der Waals surface area contributed by atoms with Crippen molar-refractivity contribution in [1.29, 1.82) is 0 Å². The van der Waals surface area contributed by atoms with Crippen LogP contribution in [-0.4, -0.2) is 29.9 Å². The number of nitrogens with zero attached hydrogens (tertiary/aromatic N) is 1. The zero-order valence-corrected chi connectivity index (χ0v) is 13.0. The monoisotopic (exact) mass is 268 g/mol. The van der Waals surface area contributed by atoms with E-state index in [1.54, 1.807) is 0 Å². The van der Waals surface area contributed by atoms with Gasteiger partial charge in [-0.3, -0.25) is 4.79 Å². The summed E-state index contributed by atoms with van der Waals surface area (Å²) in [6.45, 7) is 8.44. The molecule has 0 radical (unpaired) electrons. The Kier molecular flexibility index (Phi) is 7.44. The van der Waals surface area contributed by atoms with Gasteiger partial charge in [0.25, 0.3) is 0 Å². The second-order valence-corrected chi connectivity index (χ2v) is 6.30. The van der Waals surface area contributed by atoms with Gasteiger partial charge in [0.15, 0.2) is 0 Å². The van der Waals surface area contributed by atoms with Gasteiger partial charge in [-0.15, -0.1) is 0 Å². The van der Waals surface area contributed by atoms with Crippen molar-refractivity contribution < 1.29 is 4.79 Å². The fourth-order valence-corrected chi connectivity index (χ4v) is 3.15. The molecule has 3 nitrogen and oxygen atoms in total. The second-order valence-electron chi connectivity index (χ2n) is 6.30. The van der Waals surface area contributed by atoms with E-state index in [1.165, 1.54) is 0 Å². The van der Waals surface area contributed by atoms with Crippen LogP contribution in [0, 0.1) is 11.8 Å². The van der Waals surface area contributed by atoms with Crippen LogP contribution in [0.1, 0.15) is 65.7 Å². The van der Waals surface area contributed by atoms with E-state index in [0.717, 1.165) is 58.0 Å². The highest BCUT2D eigenvalue weighted by Crippen LogP contribution is 2.29. The average Bonchev–Trinajstić information content (AvgIpc) is 2.37. The SMILES string of the molecule is CCCCN(CCCC)C(=O)C1CC(C)CC(N)C1. The fourth-order valence-electron chi connectivity index (χ4n) is 3.15. The summed E-state index contributed by atoms with van der Waals surface area (Å²) in [6.07, 6.45) is 7.52. The van der Waals surface area contributed by atoms with Gasteiger partial charge in [0.05, 0.1) is 0 Å². The molecule has 0 bridgehead atoms. The van der Waals surface area contributed by atoms with Crippen molar-refractivity contribution in [1.82, 2.24) is 4.90 Å². The van der Waals surface area contributed by atoms with Crippen LogP contribution in [0.4, 0.5) is 0 Å². The zero-order chi connectivity index (χ0) is 14.3. The smallest absolute Gasteiger partial charge is 0.225 e. The first-order chi connectivity index (χ1) is 9.08. The largest absolute Gasteiger partial charge is 0.342 e. The summed E-state index contributed by atoms with van der Waals surface area (Å²) in [7, 11) is 0. The van der Waals surface area contributed by atoms with Gasteiger partial charge in [0, 0.05) is 25.0 Å². The van der Waals surface area contributed by atoms with Crippen LogP contribution in [0.15, 0.2) is 0 Å². The van der Waals surface area contributed by atoms with E-state index in [-0.39, 0.29) is 12.0 Å². The molecule has 1 fully saturated rings. The zero-order valence-electron chi connectivity index (χ0n) is 13.0. The molecule has 19 heavy (non-hydrogen) atoms. The quantitative estimate of drug-likeness (QED) is 0.771. The van der Waals surface area contributed by atoms with Crippen molar-refractivity contribution in [3.63, 3.8) is 0 Å². The molecule has 0 heterocycles. The third kappa shape index (κ3) is 5.52. The van der Waals surface area contributed by atoms with Crippen molar-refractivity contribution in [2.45, 2.75) is 71.8 Å². The van der Waals surface area contributed by atoms with Crippen LogP contribution < -0.4 is 5.73 Å². The Morgan fingerprint density at radius 2 is 1.68 bits per heavy atom. The van der Waals surface area contributed by atoms with Crippen molar-refractivity contribution in [2.75, 3.05) is 13.1 Å². The van der Waals surface area contributed by atoms with E-state index in [1.807, 2.05) is 0 Å². The van der Waals surface area contributed by atoms with Gasteiger partial charge in [-0.1, -0.05) is 33.6 Å². The van der Waals surface area contributed by atoms with Crippen LogP contribution >= 0.6 is 0 Å². The average molecular weight is 268 g/mol.